The lowest BCUT2D eigenvalue weighted by Crippen LogP contribution is -2.48. The van der Waals surface area contributed by atoms with Crippen LogP contribution < -0.4 is 0 Å². The van der Waals surface area contributed by atoms with Gasteiger partial charge in [0.05, 0.1) is 5.92 Å². The molecule has 0 unspecified atom stereocenters. The quantitative estimate of drug-likeness (QED) is 0.734. The van der Waals surface area contributed by atoms with Crippen molar-refractivity contribution < 1.29 is 9.32 Å². The Bertz CT molecular complexity index is 854. The van der Waals surface area contributed by atoms with Crippen LogP contribution in [-0.4, -0.2) is 44.0 Å². The summed E-state index contributed by atoms with van der Waals surface area (Å²) in [6, 6.07) is 9.30. The smallest absolute Gasteiger partial charge is 0.253 e. The number of nitrogens with zero attached hydrogens (tertiary/aromatic N) is 5. The molecule has 24 heavy (non-hydrogen) atoms. The lowest BCUT2D eigenvalue weighted by Gasteiger charge is -2.37. The summed E-state index contributed by atoms with van der Waals surface area (Å²) in [5, 5.41) is 3.91. The molecule has 0 atom stereocenters. The Morgan fingerprint density at radius 3 is 2.54 bits per heavy atom. The maximum atomic E-state index is 12.4. The minimum absolute atomic E-state index is 0.0254. The molecular formula is C17H15N5O2. The monoisotopic (exact) mass is 321 g/mol. The first-order valence-electron chi connectivity index (χ1n) is 7.67. The third-order valence-electron chi connectivity index (χ3n) is 4.02. The van der Waals surface area contributed by atoms with Crippen LogP contribution in [0.3, 0.4) is 0 Å². The molecule has 1 aliphatic rings. The molecule has 120 valence electrons. The van der Waals surface area contributed by atoms with Crippen molar-refractivity contribution in [3.63, 3.8) is 0 Å². The Morgan fingerprint density at radius 1 is 1.12 bits per heavy atom. The minimum atomic E-state index is 0.0254. The van der Waals surface area contributed by atoms with Crippen molar-refractivity contribution in [3.05, 3.63) is 59.7 Å². The van der Waals surface area contributed by atoms with Crippen molar-refractivity contribution >= 4 is 5.91 Å². The zero-order valence-corrected chi connectivity index (χ0v) is 13.1. The third-order valence-corrected chi connectivity index (χ3v) is 4.02. The fourth-order valence-electron chi connectivity index (χ4n) is 2.59. The van der Waals surface area contributed by atoms with Gasteiger partial charge < -0.3 is 9.42 Å². The number of aryl methyl sites for hydroxylation is 1. The predicted molar refractivity (Wildman–Crippen MR) is 85.1 cm³/mol. The maximum absolute atomic E-state index is 12.4. The van der Waals surface area contributed by atoms with E-state index in [-0.39, 0.29) is 11.8 Å². The molecule has 7 heteroatoms. The average molecular weight is 321 g/mol. The van der Waals surface area contributed by atoms with Crippen LogP contribution >= 0.6 is 0 Å². The molecule has 0 N–H and O–H groups in total. The highest BCUT2D eigenvalue weighted by Crippen LogP contribution is 2.28. The van der Waals surface area contributed by atoms with Crippen LogP contribution in [0.4, 0.5) is 0 Å². The molecule has 0 radical (unpaired) electrons. The molecule has 2 aromatic heterocycles. The molecule has 7 nitrogen and oxygen atoms in total. The number of benzene rings is 1. The Kier molecular flexibility index (Phi) is 3.53. The highest BCUT2D eigenvalue weighted by Gasteiger charge is 2.36. The van der Waals surface area contributed by atoms with Gasteiger partial charge >= 0.3 is 0 Å². The van der Waals surface area contributed by atoms with Crippen molar-refractivity contribution in [1.82, 2.24) is 25.0 Å². The van der Waals surface area contributed by atoms with Crippen molar-refractivity contribution in [1.29, 1.82) is 0 Å². The van der Waals surface area contributed by atoms with Crippen molar-refractivity contribution in [3.8, 4) is 11.6 Å². The van der Waals surface area contributed by atoms with Gasteiger partial charge in [-0.15, -0.1) is 0 Å². The Morgan fingerprint density at radius 2 is 1.83 bits per heavy atom. The highest BCUT2D eigenvalue weighted by molar-refractivity contribution is 5.94. The summed E-state index contributed by atoms with van der Waals surface area (Å²) in [5.74, 6) is 1.40. The van der Waals surface area contributed by atoms with Gasteiger partial charge in [0.1, 0.15) is 0 Å². The van der Waals surface area contributed by atoms with Crippen molar-refractivity contribution in [2.45, 2.75) is 12.8 Å². The van der Waals surface area contributed by atoms with Crippen LogP contribution in [0.15, 0.2) is 47.2 Å². The first-order chi connectivity index (χ1) is 11.7. The number of hydrogen-bond acceptors (Lipinski definition) is 6. The summed E-state index contributed by atoms with van der Waals surface area (Å²) >= 11 is 0. The number of carbonyl (C=O) groups excluding carboxylic acids is 1. The van der Waals surface area contributed by atoms with E-state index in [0.29, 0.717) is 36.2 Å². The molecule has 0 saturated carbocycles. The standard InChI is InChI=1S/C17H15N5O2/c1-11-3-5-12(6-4-11)17(23)22-9-13(10-22)16-20-15(21-24-16)14-18-7-2-8-19-14/h2-8,13H,9-10H2,1H3. The number of likely N-dealkylation sites (tertiary alicyclic amines) is 1. The SMILES string of the molecule is Cc1ccc(C(=O)N2CC(c3nc(-c4ncccn4)no3)C2)cc1. The summed E-state index contributed by atoms with van der Waals surface area (Å²) in [6.07, 6.45) is 3.26. The summed E-state index contributed by atoms with van der Waals surface area (Å²) < 4.78 is 5.29. The van der Waals surface area contributed by atoms with Gasteiger partial charge in [-0.2, -0.15) is 4.98 Å². The lowest BCUT2D eigenvalue weighted by molar-refractivity contribution is 0.0569. The van der Waals surface area contributed by atoms with Crippen LogP contribution in [0.5, 0.6) is 0 Å². The Balaban J connectivity index is 1.42. The number of hydrogen-bond donors (Lipinski definition) is 0. The zero-order chi connectivity index (χ0) is 16.5. The van der Waals surface area contributed by atoms with Gasteiger partial charge in [-0.05, 0) is 25.1 Å². The van der Waals surface area contributed by atoms with E-state index in [9.17, 15) is 4.79 Å². The van der Waals surface area contributed by atoms with Gasteiger partial charge in [-0.25, -0.2) is 9.97 Å². The van der Waals surface area contributed by atoms with Gasteiger partial charge in [-0.1, -0.05) is 22.9 Å². The van der Waals surface area contributed by atoms with Crippen LogP contribution in [0.25, 0.3) is 11.6 Å². The van der Waals surface area contributed by atoms with Crippen LogP contribution in [0.1, 0.15) is 27.7 Å². The highest BCUT2D eigenvalue weighted by atomic mass is 16.5. The van der Waals surface area contributed by atoms with Gasteiger partial charge in [0, 0.05) is 31.0 Å². The molecule has 1 amide bonds. The second-order valence-electron chi connectivity index (χ2n) is 5.80. The van der Waals surface area contributed by atoms with E-state index in [0.717, 1.165) is 5.56 Å². The first kappa shape index (κ1) is 14.5. The van der Waals surface area contributed by atoms with Crippen LogP contribution in [-0.2, 0) is 0 Å². The molecule has 1 aromatic carbocycles. The maximum Gasteiger partial charge on any atom is 0.253 e. The Hall–Kier alpha value is -3.09. The largest absolute Gasteiger partial charge is 0.338 e. The molecule has 0 aliphatic carbocycles. The molecule has 4 rings (SSSR count). The van der Waals surface area contributed by atoms with Gasteiger partial charge in [-0.3, -0.25) is 4.79 Å². The number of carbonyl (C=O) groups is 1. The van der Waals surface area contributed by atoms with E-state index in [4.69, 9.17) is 4.52 Å². The van der Waals surface area contributed by atoms with Crippen molar-refractivity contribution in [2.75, 3.05) is 13.1 Å². The zero-order valence-electron chi connectivity index (χ0n) is 13.1. The van der Waals surface area contributed by atoms with E-state index >= 15 is 0 Å². The van der Waals surface area contributed by atoms with Gasteiger partial charge in [0.2, 0.25) is 17.5 Å². The molecule has 3 heterocycles. The molecule has 0 bridgehead atoms. The van der Waals surface area contributed by atoms with Gasteiger partial charge in [0.15, 0.2) is 0 Å². The molecule has 3 aromatic rings. The summed E-state index contributed by atoms with van der Waals surface area (Å²) in [6.45, 7) is 3.14. The van der Waals surface area contributed by atoms with E-state index in [1.54, 1.807) is 23.4 Å². The molecule has 0 spiro atoms. The minimum Gasteiger partial charge on any atom is -0.338 e. The fraction of sp³-hybridized carbons (Fsp3) is 0.235. The van der Waals surface area contributed by atoms with E-state index in [1.807, 2.05) is 31.2 Å². The van der Waals surface area contributed by atoms with Crippen LogP contribution in [0, 0.1) is 6.92 Å². The second-order valence-corrected chi connectivity index (χ2v) is 5.80. The summed E-state index contributed by atoms with van der Waals surface area (Å²) in [5.41, 5.74) is 1.83. The third kappa shape index (κ3) is 2.64. The van der Waals surface area contributed by atoms with E-state index in [2.05, 4.69) is 20.1 Å². The topological polar surface area (TPSA) is 85.0 Å². The fourth-order valence-corrected chi connectivity index (χ4v) is 2.59. The predicted octanol–water partition coefficient (Wildman–Crippen LogP) is 2.07. The second kappa shape index (κ2) is 5.84. The van der Waals surface area contributed by atoms with Gasteiger partial charge in [0.25, 0.3) is 5.91 Å². The normalized spacial score (nSPS) is 14.5. The summed E-state index contributed by atoms with van der Waals surface area (Å²) in [4.78, 5) is 26.7. The molecule has 1 fully saturated rings. The summed E-state index contributed by atoms with van der Waals surface area (Å²) in [7, 11) is 0. The first-order valence-corrected chi connectivity index (χ1v) is 7.67. The number of aromatic nitrogens is 4. The van der Waals surface area contributed by atoms with Crippen molar-refractivity contribution in [2.24, 2.45) is 0 Å². The number of amides is 1. The average Bonchev–Trinajstić information content (AvgIpc) is 3.04. The molecule has 1 aliphatic heterocycles. The van der Waals surface area contributed by atoms with Crippen LogP contribution in [0.2, 0.25) is 0 Å². The van der Waals surface area contributed by atoms with E-state index < -0.39 is 0 Å². The lowest BCUT2D eigenvalue weighted by atomic mass is 9.98. The molecular weight excluding hydrogens is 306 g/mol. The Labute approximate surface area is 138 Å². The number of rotatable bonds is 3. The molecule has 1 saturated heterocycles. The van der Waals surface area contributed by atoms with E-state index in [1.165, 1.54) is 0 Å².